The van der Waals surface area contributed by atoms with E-state index in [2.05, 4.69) is 93.2 Å². The third-order valence-electron chi connectivity index (χ3n) is 10.6. The van der Waals surface area contributed by atoms with Gasteiger partial charge >= 0.3 is 0 Å². The molecule has 2 N–H and O–H groups in total. The van der Waals surface area contributed by atoms with Crippen LogP contribution in [0.4, 0.5) is 0 Å². The average molecular weight is 859 g/mol. The van der Waals surface area contributed by atoms with Gasteiger partial charge in [-0.2, -0.15) is 0 Å². The summed E-state index contributed by atoms with van der Waals surface area (Å²) < 4.78 is 1.91. The normalized spacial score (nSPS) is 12.0. The van der Waals surface area contributed by atoms with E-state index in [1.807, 2.05) is 114 Å². The Morgan fingerprint density at radius 3 is 1.31 bits per heavy atom. The van der Waals surface area contributed by atoms with Crippen molar-refractivity contribution >= 4 is 51.6 Å². The molecule has 1 amide bonds. The Kier molecular flexibility index (Phi) is 12.3. The second kappa shape index (κ2) is 18.2. The van der Waals surface area contributed by atoms with Gasteiger partial charge in [-0.25, -0.2) is 9.97 Å². The van der Waals surface area contributed by atoms with Crippen molar-refractivity contribution in [2.24, 2.45) is 0 Å². The van der Waals surface area contributed by atoms with Gasteiger partial charge in [-0.1, -0.05) is 205 Å². The van der Waals surface area contributed by atoms with Gasteiger partial charge in [0.2, 0.25) is 0 Å². The van der Waals surface area contributed by atoms with Crippen LogP contribution in [-0.4, -0.2) is 25.7 Å². The molecule has 4 heterocycles. The highest BCUT2D eigenvalue weighted by molar-refractivity contribution is 6.30. The lowest BCUT2D eigenvalue weighted by molar-refractivity contribution is 0.0965. The molecule has 0 saturated carbocycles. The van der Waals surface area contributed by atoms with E-state index in [1.165, 1.54) is 12.4 Å². The number of pyridine rings is 2. The first-order valence-corrected chi connectivity index (χ1v) is 20.6. The third kappa shape index (κ3) is 8.24. The van der Waals surface area contributed by atoms with Crippen LogP contribution in [0.5, 0.6) is 0 Å². The molecule has 10 rings (SSSR count). The van der Waals surface area contributed by atoms with Crippen LogP contribution in [0.25, 0.3) is 10.9 Å². The molecule has 300 valence electrons. The van der Waals surface area contributed by atoms with Crippen LogP contribution in [0.2, 0.25) is 10.3 Å². The number of carbonyl (C=O) groups is 1. The summed E-state index contributed by atoms with van der Waals surface area (Å²) in [7, 11) is 0. The minimum Gasteiger partial charge on any atom is -0.348 e. The number of alkyl halides is 1. The third-order valence-corrected chi connectivity index (χ3v) is 11.7. The van der Waals surface area contributed by atoms with Gasteiger partial charge in [0.1, 0.15) is 20.7 Å². The molecule has 10 heteroatoms. The van der Waals surface area contributed by atoms with Crippen LogP contribution in [0.15, 0.2) is 211 Å². The number of nitrogens with zero attached hydrogens (tertiary/aromatic N) is 3. The van der Waals surface area contributed by atoms with Crippen molar-refractivity contribution in [3.8, 4) is 0 Å². The number of aromatic nitrogens is 4. The number of hydrogen-bond acceptors (Lipinski definition) is 4. The molecule has 0 bridgehead atoms. The highest BCUT2D eigenvalue weighted by Gasteiger charge is 2.40. The van der Waals surface area contributed by atoms with E-state index >= 15 is 0 Å². The quantitative estimate of drug-likeness (QED) is 0.0948. The van der Waals surface area contributed by atoms with Crippen molar-refractivity contribution in [2.45, 2.75) is 17.0 Å². The van der Waals surface area contributed by atoms with Crippen LogP contribution in [0, 0.1) is 0 Å². The molecule has 0 aliphatic carbocycles. The molecule has 61 heavy (non-hydrogen) atoms. The van der Waals surface area contributed by atoms with Crippen molar-refractivity contribution in [3.63, 3.8) is 0 Å². The predicted molar refractivity (Wildman–Crippen MR) is 245 cm³/mol. The number of hydrogen-bond donors (Lipinski definition) is 2. The standard InChI is InChI=1S/C25H18ClN3O.C19H15Cl.C7H5ClN2O/c26-23-16-22-21(17-27-23)24(30)28-29(22)25(18-10-4-1-5-11-18,19-12-6-2-7-13-19)20-14-8-3-9-15-20;20-19(16-10-4-1-5-11-16,17-12-6-2-7-13-17)18-14-8-3-9-15-18;8-6-1-4-2-10-7(11)5(4)3-9-6/h1-17H,(H,28,30);1-15H;1,3H,2H2,(H,10,11). The highest BCUT2D eigenvalue weighted by Crippen LogP contribution is 2.43. The van der Waals surface area contributed by atoms with Crippen LogP contribution in [-0.2, 0) is 17.0 Å². The van der Waals surface area contributed by atoms with E-state index < -0.39 is 10.4 Å². The van der Waals surface area contributed by atoms with E-state index in [4.69, 9.17) is 34.8 Å². The molecule has 0 atom stereocenters. The van der Waals surface area contributed by atoms with Gasteiger partial charge in [0.15, 0.2) is 0 Å². The van der Waals surface area contributed by atoms with Crippen LogP contribution in [0.1, 0.15) is 49.3 Å². The van der Waals surface area contributed by atoms with Gasteiger partial charge in [-0.3, -0.25) is 19.4 Å². The number of rotatable bonds is 7. The zero-order valence-electron chi connectivity index (χ0n) is 32.6. The van der Waals surface area contributed by atoms with Gasteiger partial charge in [0.05, 0.1) is 16.5 Å². The molecule has 6 aromatic carbocycles. The molecule has 0 spiro atoms. The molecule has 0 fully saturated rings. The molecular formula is C51H38Cl3N5O2. The molecule has 0 unspecified atom stereocenters. The summed E-state index contributed by atoms with van der Waals surface area (Å²) >= 11 is 19.0. The lowest BCUT2D eigenvalue weighted by Crippen LogP contribution is -2.39. The molecular weight excluding hydrogens is 821 g/mol. The first kappa shape index (κ1) is 41.0. The SMILES string of the molecule is ClC(c1ccccc1)(c1ccccc1)c1ccccc1.O=C1NCc2cc(Cl)ncc21.O=c1[nH]n(C(c2ccccc2)(c2ccccc2)c2ccccc2)c2cc(Cl)ncc12. The summed E-state index contributed by atoms with van der Waals surface area (Å²) in [6, 6.07) is 64.6. The van der Waals surface area contributed by atoms with Crippen molar-refractivity contribution in [2.75, 3.05) is 0 Å². The topological polar surface area (TPSA) is 92.7 Å². The van der Waals surface area contributed by atoms with E-state index in [-0.39, 0.29) is 11.5 Å². The van der Waals surface area contributed by atoms with E-state index in [0.717, 1.165) is 38.9 Å². The van der Waals surface area contributed by atoms with Crippen molar-refractivity contribution in [3.05, 3.63) is 272 Å². The number of benzene rings is 6. The second-order valence-electron chi connectivity index (χ2n) is 14.2. The fourth-order valence-corrected chi connectivity index (χ4v) is 8.50. The molecule has 7 nitrogen and oxygen atoms in total. The Labute approximate surface area is 368 Å². The van der Waals surface area contributed by atoms with Crippen molar-refractivity contribution < 1.29 is 4.79 Å². The van der Waals surface area contributed by atoms with Gasteiger partial charge < -0.3 is 5.32 Å². The number of fused-ring (bicyclic) bond motifs is 2. The Hall–Kier alpha value is -6.77. The summed E-state index contributed by atoms with van der Waals surface area (Å²) in [5, 5.41) is 7.01. The van der Waals surface area contributed by atoms with E-state index in [1.54, 1.807) is 12.1 Å². The van der Waals surface area contributed by atoms with Crippen molar-refractivity contribution in [1.82, 2.24) is 25.1 Å². The second-order valence-corrected chi connectivity index (χ2v) is 15.6. The highest BCUT2D eigenvalue weighted by atomic mass is 35.5. The number of nitrogens with one attached hydrogen (secondary N) is 2. The Bertz CT molecular complexity index is 2740. The summed E-state index contributed by atoms with van der Waals surface area (Å²) in [6.45, 7) is 0.566. The maximum Gasteiger partial charge on any atom is 0.273 e. The Morgan fingerprint density at radius 2 is 0.885 bits per heavy atom. The number of aromatic amines is 1. The predicted octanol–water partition coefficient (Wildman–Crippen LogP) is 11.4. The number of carbonyl (C=O) groups excluding carboxylic acids is 1. The fraction of sp³-hybridized carbons (Fsp3) is 0.0588. The average Bonchev–Trinajstić information content (AvgIpc) is 3.86. The minimum absolute atomic E-state index is 0.0656. The molecule has 1 aliphatic rings. The molecule has 3 aromatic heterocycles. The number of amides is 1. The molecule has 1 aliphatic heterocycles. The van der Waals surface area contributed by atoms with Gasteiger partial charge in [0, 0.05) is 25.0 Å². The van der Waals surface area contributed by atoms with E-state index in [9.17, 15) is 9.59 Å². The maximum atomic E-state index is 12.9. The van der Waals surface area contributed by atoms with Crippen LogP contribution >= 0.6 is 34.8 Å². The summed E-state index contributed by atoms with van der Waals surface area (Å²) in [5.41, 5.74) is 7.53. The summed E-state index contributed by atoms with van der Waals surface area (Å²) in [6.07, 6.45) is 3.03. The zero-order chi connectivity index (χ0) is 42.2. The molecule has 0 radical (unpaired) electrons. The Balaban J connectivity index is 0.000000142. The first-order chi connectivity index (χ1) is 29.8. The van der Waals surface area contributed by atoms with Gasteiger partial charge in [0.25, 0.3) is 11.5 Å². The summed E-state index contributed by atoms with van der Waals surface area (Å²) in [5.74, 6) is -0.0656. The minimum atomic E-state index is -0.810. The van der Waals surface area contributed by atoms with Gasteiger partial charge in [-0.05, 0) is 45.0 Å². The van der Waals surface area contributed by atoms with Gasteiger partial charge in [-0.15, -0.1) is 11.6 Å². The Morgan fingerprint density at radius 1 is 0.508 bits per heavy atom. The fourth-order valence-electron chi connectivity index (χ4n) is 7.78. The number of H-pyrrole nitrogens is 1. The van der Waals surface area contributed by atoms with Crippen molar-refractivity contribution in [1.29, 1.82) is 0 Å². The number of halogens is 3. The zero-order valence-corrected chi connectivity index (χ0v) is 34.9. The van der Waals surface area contributed by atoms with Crippen LogP contribution < -0.4 is 10.9 Å². The smallest absolute Gasteiger partial charge is 0.273 e. The first-order valence-electron chi connectivity index (χ1n) is 19.5. The van der Waals surface area contributed by atoms with Crippen LogP contribution in [0.3, 0.4) is 0 Å². The lowest BCUT2D eigenvalue weighted by Gasteiger charge is -2.37. The molecule has 9 aromatic rings. The maximum absolute atomic E-state index is 12.9. The molecule has 0 saturated heterocycles. The monoisotopic (exact) mass is 857 g/mol. The van der Waals surface area contributed by atoms with E-state index in [0.29, 0.717) is 33.3 Å². The largest absolute Gasteiger partial charge is 0.348 e. The lowest BCUT2D eigenvalue weighted by atomic mass is 9.77. The summed E-state index contributed by atoms with van der Waals surface area (Å²) in [4.78, 5) is 31.1.